The molecule has 1 aromatic carbocycles. The third-order valence-electron chi connectivity index (χ3n) is 3.75. The van der Waals surface area contributed by atoms with Gasteiger partial charge in [-0.2, -0.15) is 5.10 Å². The molecule has 2 atom stereocenters. The molecule has 0 bridgehead atoms. The first kappa shape index (κ1) is 14.5. The number of likely N-dealkylation sites (tertiary alicyclic amines) is 1. The number of para-hydroxylation sites is 1. The number of hydrogen-bond acceptors (Lipinski definition) is 4. The van der Waals surface area contributed by atoms with E-state index >= 15 is 0 Å². The van der Waals surface area contributed by atoms with Gasteiger partial charge in [-0.15, -0.1) is 0 Å². The molecule has 22 heavy (non-hydrogen) atoms. The van der Waals surface area contributed by atoms with E-state index in [-0.39, 0.29) is 31.0 Å². The summed E-state index contributed by atoms with van der Waals surface area (Å²) in [5, 5.41) is 23.3. The molecule has 1 aliphatic heterocycles. The lowest BCUT2D eigenvalue weighted by molar-refractivity contribution is 0.0663. The summed E-state index contributed by atoms with van der Waals surface area (Å²) in [6, 6.07) is 8.45. The number of aliphatic hydroxyl groups is 1. The Morgan fingerprint density at radius 1 is 1.36 bits per heavy atom. The van der Waals surface area contributed by atoms with Crippen molar-refractivity contribution in [1.82, 2.24) is 14.7 Å². The Labute approximate surface area is 126 Å². The average Bonchev–Trinajstić information content (AvgIpc) is 3.10. The number of amides is 1. The van der Waals surface area contributed by atoms with Gasteiger partial charge in [-0.25, -0.2) is 9.07 Å². The van der Waals surface area contributed by atoms with E-state index in [1.165, 1.54) is 15.8 Å². The fourth-order valence-electron chi connectivity index (χ4n) is 2.65. The molecule has 1 saturated heterocycles. The predicted molar refractivity (Wildman–Crippen MR) is 76.7 cm³/mol. The molecule has 2 N–H and O–H groups in total. The van der Waals surface area contributed by atoms with Crippen LogP contribution in [0.4, 0.5) is 4.39 Å². The lowest BCUT2D eigenvalue weighted by Gasteiger charge is -2.21. The molecule has 1 aromatic heterocycles. The SMILES string of the molecule is O=C(c1nn(-c2ccccc2)cc1O)N1C[C@@H](F)C[C@H]1CO. The fourth-order valence-corrected chi connectivity index (χ4v) is 2.65. The van der Waals surface area contributed by atoms with E-state index in [0.717, 1.165) is 0 Å². The first-order valence-corrected chi connectivity index (χ1v) is 7.00. The lowest BCUT2D eigenvalue weighted by atomic mass is 10.2. The minimum absolute atomic E-state index is 0.0955. The molecule has 0 aliphatic carbocycles. The number of nitrogens with zero attached hydrogens (tertiary/aromatic N) is 3. The molecule has 3 rings (SSSR count). The Morgan fingerprint density at radius 2 is 2.09 bits per heavy atom. The number of aromatic nitrogens is 2. The number of rotatable bonds is 3. The molecule has 116 valence electrons. The van der Waals surface area contributed by atoms with Crippen LogP contribution in [0.25, 0.3) is 5.69 Å². The maximum atomic E-state index is 13.5. The molecule has 1 aliphatic rings. The number of aliphatic hydroxyl groups excluding tert-OH is 1. The van der Waals surface area contributed by atoms with Crippen molar-refractivity contribution in [3.63, 3.8) is 0 Å². The van der Waals surface area contributed by atoms with Crippen LogP contribution in [0.2, 0.25) is 0 Å². The standard InChI is InChI=1S/C15H16FN3O3/c16-10-6-12(9-20)18(7-10)15(22)14-13(21)8-19(17-14)11-4-2-1-3-5-11/h1-5,8,10,12,20-21H,6-7,9H2/t10-,12-/m0/s1. The highest BCUT2D eigenvalue weighted by atomic mass is 19.1. The van der Waals surface area contributed by atoms with Crippen LogP contribution in [-0.4, -0.2) is 56.2 Å². The third kappa shape index (κ3) is 2.55. The number of carbonyl (C=O) groups excluding carboxylic acids is 1. The molecule has 7 heteroatoms. The van der Waals surface area contributed by atoms with Gasteiger partial charge in [0.2, 0.25) is 0 Å². The number of halogens is 1. The molecular formula is C15H16FN3O3. The topological polar surface area (TPSA) is 78.6 Å². The van der Waals surface area contributed by atoms with Crippen molar-refractivity contribution < 1.29 is 19.4 Å². The summed E-state index contributed by atoms with van der Waals surface area (Å²) in [5.74, 6) is -0.848. The van der Waals surface area contributed by atoms with Gasteiger partial charge in [-0.05, 0) is 12.1 Å². The maximum Gasteiger partial charge on any atom is 0.278 e. The molecule has 1 amide bonds. The zero-order valence-corrected chi connectivity index (χ0v) is 11.8. The average molecular weight is 305 g/mol. The summed E-state index contributed by atoms with van der Waals surface area (Å²) in [6.45, 7) is -0.409. The van der Waals surface area contributed by atoms with E-state index in [4.69, 9.17) is 0 Å². The Morgan fingerprint density at radius 3 is 2.77 bits per heavy atom. The number of benzene rings is 1. The highest BCUT2D eigenvalue weighted by Gasteiger charge is 2.37. The van der Waals surface area contributed by atoms with Gasteiger partial charge >= 0.3 is 0 Å². The molecule has 0 saturated carbocycles. The summed E-state index contributed by atoms with van der Waals surface area (Å²) < 4.78 is 14.9. The van der Waals surface area contributed by atoms with Gasteiger partial charge in [-0.1, -0.05) is 18.2 Å². The van der Waals surface area contributed by atoms with E-state index in [1.54, 1.807) is 12.1 Å². The smallest absolute Gasteiger partial charge is 0.278 e. The zero-order valence-electron chi connectivity index (χ0n) is 11.8. The minimum Gasteiger partial charge on any atom is -0.504 e. The molecular weight excluding hydrogens is 289 g/mol. The second-order valence-corrected chi connectivity index (χ2v) is 5.27. The monoisotopic (exact) mass is 305 g/mol. The van der Waals surface area contributed by atoms with Gasteiger partial charge in [0.1, 0.15) is 6.17 Å². The van der Waals surface area contributed by atoms with Gasteiger partial charge in [0.15, 0.2) is 11.4 Å². The summed E-state index contributed by atoms with van der Waals surface area (Å²) in [4.78, 5) is 13.7. The summed E-state index contributed by atoms with van der Waals surface area (Å²) in [6.07, 6.45) is 0.265. The second kappa shape index (κ2) is 5.76. The molecule has 2 aromatic rings. The Bertz CT molecular complexity index is 674. The van der Waals surface area contributed by atoms with Gasteiger partial charge in [-0.3, -0.25) is 4.79 Å². The Kier molecular flexibility index (Phi) is 3.81. The van der Waals surface area contributed by atoms with E-state index in [1.807, 2.05) is 18.2 Å². The molecule has 1 fully saturated rings. The van der Waals surface area contributed by atoms with Crippen molar-refractivity contribution in [2.45, 2.75) is 18.6 Å². The minimum atomic E-state index is -1.17. The van der Waals surface area contributed by atoms with Crippen LogP contribution in [0.5, 0.6) is 5.75 Å². The fraction of sp³-hybridized carbons (Fsp3) is 0.333. The van der Waals surface area contributed by atoms with Crippen molar-refractivity contribution in [2.24, 2.45) is 0 Å². The predicted octanol–water partition coefficient (Wildman–Crippen LogP) is 1.12. The van der Waals surface area contributed by atoms with Crippen molar-refractivity contribution in [3.05, 3.63) is 42.2 Å². The number of aromatic hydroxyl groups is 1. The highest BCUT2D eigenvalue weighted by Crippen LogP contribution is 2.26. The van der Waals surface area contributed by atoms with Gasteiger partial charge in [0, 0.05) is 6.42 Å². The number of alkyl halides is 1. The van der Waals surface area contributed by atoms with Crippen LogP contribution in [0.15, 0.2) is 36.5 Å². The quantitative estimate of drug-likeness (QED) is 0.891. The molecule has 2 heterocycles. The third-order valence-corrected chi connectivity index (χ3v) is 3.75. The maximum absolute atomic E-state index is 13.5. The summed E-state index contributed by atoms with van der Waals surface area (Å²) in [7, 11) is 0. The summed E-state index contributed by atoms with van der Waals surface area (Å²) in [5.41, 5.74) is 0.553. The number of carbonyl (C=O) groups is 1. The second-order valence-electron chi connectivity index (χ2n) is 5.27. The number of hydrogen-bond donors (Lipinski definition) is 2. The highest BCUT2D eigenvalue weighted by molar-refractivity contribution is 5.95. The molecule has 0 unspecified atom stereocenters. The van der Waals surface area contributed by atoms with E-state index in [0.29, 0.717) is 5.69 Å². The normalized spacial score (nSPS) is 21.3. The van der Waals surface area contributed by atoms with Crippen LogP contribution < -0.4 is 0 Å². The van der Waals surface area contributed by atoms with Crippen molar-refractivity contribution in [2.75, 3.05) is 13.2 Å². The molecule has 0 spiro atoms. The molecule has 6 nitrogen and oxygen atoms in total. The van der Waals surface area contributed by atoms with Crippen LogP contribution in [0.3, 0.4) is 0 Å². The zero-order chi connectivity index (χ0) is 15.7. The first-order valence-electron chi connectivity index (χ1n) is 7.00. The van der Waals surface area contributed by atoms with Crippen LogP contribution in [0, 0.1) is 0 Å². The van der Waals surface area contributed by atoms with Crippen molar-refractivity contribution in [1.29, 1.82) is 0 Å². The lowest BCUT2D eigenvalue weighted by Crippen LogP contribution is -2.38. The van der Waals surface area contributed by atoms with Gasteiger partial charge in [0.05, 0.1) is 31.1 Å². The first-order chi connectivity index (χ1) is 10.6. The van der Waals surface area contributed by atoms with Crippen molar-refractivity contribution in [3.8, 4) is 11.4 Å². The Balaban J connectivity index is 1.89. The van der Waals surface area contributed by atoms with Crippen LogP contribution in [0.1, 0.15) is 16.9 Å². The van der Waals surface area contributed by atoms with Gasteiger partial charge < -0.3 is 15.1 Å². The van der Waals surface area contributed by atoms with Gasteiger partial charge in [0.25, 0.3) is 5.91 Å². The van der Waals surface area contributed by atoms with Crippen LogP contribution >= 0.6 is 0 Å². The largest absolute Gasteiger partial charge is 0.504 e. The van der Waals surface area contributed by atoms with E-state index < -0.39 is 18.1 Å². The van der Waals surface area contributed by atoms with E-state index in [2.05, 4.69) is 5.10 Å². The van der Waals surface area contributed by atoms with E-state index in [9.17, 15) is 19.4 Å². The molecule has 0 radical (unpaired) electrons. The van der Waals surface area contributed by atoms with Crippen LogP contribution in [-0.2, 0) is 0 Å². The van der Waals surface area contributed by atoms with Crippen molar-refractivity contribution >= 4 is 5.91 Å². The Hall–Kier alpha value is -2.41. The summed E-state index contributed by atoms with van der Waals surface area (Å²) >= 11 is 0.